The van der Waals surface area contributed by atoms with Gasteiger partial charge in [-0.2, -0.15) is 0 Å². The first kappa shape index (κ1) is 20.2. The smallest absolute Gasteiger partial charge is 0.253 e. The first-order valence-electron chi connectivity index (χ1n) is 8.00. The van der Waals surface area contributed by atoms with Crippen LogP contribution in [0, 0.1) is 0 Å². The van der Waals surface area contributed by atoms with Crippen LogP contribution in [0.5, 0.6) is 0 Å². The Balaban J connectivity index is 1.90. The van der Waals surface area contributed by atoms with E-state index >= 15 is 0 Å². The van der Waals surface area contributed by atoms with Gasteiger partial charge in [0.25, 0.3) is 5.91 Å². The van der Waals surface area contributed by atoms with Crippen molar-refractivity contribution in [2.24, 2.45) is 0 Å². The maximum absolute atomic E-state index is 12.2. The first-order valence-corrected chi connectivity index (χ1v) is 8.76. The van der Waals surface area contributed by atoms with E-state index in [4.69, 9.17) is 23.2 Å². The zero-order chi connectivity index (χ0) is 19.3. The fraction of sp³-hybridized carbons (Fsp3) is 0.263. The molecule has 2 aromatic carbocycles. The maximum atomic E-state index is 12.2. The number of carbonyl (C=O) groups is 2. The van der Waals surface area contributed by atoms with Crippen molar-refractivity contribution in [3.05, 3.63) is 63.6 Å². The van der Waals surface area contributed by atoms with E-state index in [0.29, 0.717) is 27.8 Å². The van der Waals surface area contributed by atoms with E-state index in [0.717, 1.165) is 5.56 Å². The standard InChI is InChI=1S/C19H21Cl2N3O2/c1-23(2)19(26)13-5-8-16(9-6-13)22-18(25)12-24(3)11-14-4-7-15(20)10-17(14)21/h4-10H,11-12H2,1-3H3,(H,22,25). The van der Waals surface area contributed by atoms with Crippen molar-refractivity contribution in [2.45, 2.75) is 6.54 Å². The molecule has 26 heavy (non-hydrogen) atoms. The molecule has 0 saturated carbocycles. The number of likely N-dealkylation sites (N-methyl/N-ethyl adjacent to an activating group) is 1. The average molecular weight is 394 g/mol. The lowest BCUT2D eigenvalue weighted by Crippen LogP contribution is -2.30. The number of amides is 2. The molecular formula is C19H21Cl2N3O2. The zero-order valence-electron chi connectivity index (χ0n) is 14.9. The second kappa shape index (κ2) is 9.03. The third kappa shape index (κ3) is 5.73. The van der Waals surface area contributed by atoms with Gasteiger partial charge in [0, 0.05) is 41.9 Å². The van der Waals surface area contributed by atoms with Crippen molar-refractivity contribution in [3.8, 4) is 0 Å². The SMILES string of the molecule is CN(CC(=O)Nc1ccc(C(=O)N(C)C)cc1)Cc1ccc(Cl)cc1Cl. The third-order valence-electron chi connectivity index (χ3n) is 3.69. The Kier molecular flexibility index (Phi) is 7.03. The second-order valence-corrected chi connectivity index (χ2v) is 7.08. The van der Waals surface area contributed by atoms with Crippen LogP contribution < -0.4 is 5.32 Å². The highest BCUT2D eigenvalue weighted by atomic mass is 35.5. The predicted molar refractivity (Wildman–Crippen MR) is 106 cm³/mol. The number of carbonyl (C=O) groups excluding carboxylic acids is 2. The summed E-state index contributed by atoms with van der Waals surface area (Å²) in [6.45, 7) is 0.733. The predicted octanol–water partition coefficient (Wildman–Crippen LogP) is 3.77. The van der Waals surface area contributed by atoms with E-state index in [1.165, 1.54) is 4.90 Å². The van der Waals surface area contributed by atoms with Gasteiger partial charge in [0.1, 0.15) is 0 Å². The van der Waals surface area contributed by atoms with Crippen molar-refractivity contribution >= 4 is 40.7 Å². The van der Waals surface area contributed by atoms with Crippen LogP contribution in [0.25, 0.3) is 0 Å². The Labute approximate surface area is 163 Å². The first-order chi connectivity index (χ1) is 12.3. The summed E-state index contributed by atoms with van der Waals surface area (Å²) in [5, 5.41) is 3.97. The van der Waals surface area contributed by atoms with Crippen LogP contribution >= 0.6 is 23.2 Å². The van der Waals surface area contributed by atoms with E-state index in [1.54, 1.807) is 50.5 Å². The van der Waals surface area contributed by atoms with E-state index in [9.17, 15) is 9.59 Å². The average Bonchev–Trinajstić information content (AvgIpc) is 2.57. The van der Waals surface area contributed by atoms with Gasteiger partial charge < -0.3 is 10.2 Å². The fourth-order valence-electron chi connectivity index (χ4n) is 2.40. The van der Waals surface area contributed by atoms with E-state index < -0.39 is 0 Å². The lowest BCUT2D eigenvalue weighted by atomic mass is 10.2. The minimum atomic E-state index is -0.149. The highest BCUT2D eigenvalue weighted by Gasteiger charge is 2.11. The van der Waals surface area contributed by atoms with Crippen molar-refractivity contribution in [2.75, 3.05) is 33.0 Å². The van der Waals surface area contributed by atoms with Crippen LogP contribution in [0.3, 0.4) is 0 Å². The molecule has 0 aliphatic rings. The number of hydrogen-bond acceptors (Lipinski definition) is 3. The number of anilines is 1. The summed E-state index contributed by atoms with van der Waals surface area (Å²) in [7, 11) is 5.23. The van der Waals surface area contributed by atoms with Crippen LogP contribution in [0.15, 0.2) is 42.5 Å². The molecule has 0 radical (unpaired) electrons. The van der Waals surface area contributed by atoms with E-state index in [2.05, 4.69) is 5.32 Å². The van der Waals surface area contributed by atoms with Crippen LogP contribution in [0.1, 0.15) is 15.9 Å². The largest absolute Gasteiger partial charge is 0.345 e. The van der Waals surface area contributed by atoms with Crippen LogP contribution in [-0.2, 0) is 11.3 Å². The van der Waals surface area contributed by atoms with E-state index in [-0.39, 0.29) is 18.4 Å². The normalized spacial score (nSPS) is 10.7. The monoisotopic (exact) mass is 393 g/mol. The molecule has 7 heteroatoms. The quantitative estimate of drug-likeness (QED) is 0.812. The molecule has 0 bridgehead atoms. The molecule has 138 valence electrons. The molecule has 0 aromatic heterocycles. The molecule has 5 nitrogen and oxygen atoms in total. The van der Waals surface area contributed by atoms with Crippen molar-refractivity contribution in [1.82, 2.24) is 9.80 Å². The molecule has 0 saturated heterocycles. The summed E-state index contributed by atoms with van der Waals surface area (Å²) in [6, 6.07) is 12.1. The van der Waals surface area contributed by atoms with Gasteiger partial charge in [-0.15, -0.1) is 0 Å². The van der Waals surface area contributed by atoms with E-state index in [1.807, 2.05) is 18.0 Å². The Bertz CT molecular complexity index is 792. The lowest BCUT2D eigenvalue weighted by Gasteiger charge is -2.17. The fourth-order valence-corrected chi connectivity index (χ4v) is 2.86. The molecule has 0 aliphatic carbocycles. The minimum absolute atomic E-state index is 0.0811. The second-order valence-electron chi connectivity index (χ2n) is 6.23. The van der Waals surface area contributed by atoms with Gasteiger partial charge in [-0.25, -0.2) is 0 Å². The molecule has 1 N–H and O–H groups in total. The van der Waals surface area contributed by atoms with Gasteiger partial charge >= 0.3 is 0 Å². The molecule has 0 aliphatic heterocycles. The van der Waals surface area contributed by atoms with Crippen molar-refractivity contribution < 1.29 is 9.59 Å². The van der Waals surface area contributed by atoms with Gasteiger partial charge in [-0.05, 0) is 49.0 Å². The summed E-state index contributed by atoms with van der Waals surface area (Å²) in [5.41, 5.74) is 2.11. The van der Waals surface area contributed by atoms with Gasteiger partial charge in [0.2, 0.25) is 5.91 Å². The van der Waals surface area contributed by atoms with Crippen LogP contribution in [-0.4, -0.2) is 49.3 Å². The molecule has 0 unspecified atom stereocenters. The molecule has 0 spiro atoms. The van der Waals surface area contributed by atoms with Gasteiger partial charge in [-0.1, -0.05) is 29.3 Å². The number of halogens is 2. The van der Waals surface area contributed by atoms with Gasteiger partial charge in [0.15, 0.2) is 0 Å². The third-order valence-corrected chi connectivity index (χ3v) is 4.28. The molecular weight excluding hydrogens is 373 g/mol. The molecule has 2 aromatic rings. The minimum Gasteiger partial charge on any atom is -0.345 e. The maximum Gasteiger partial charge on any atom is 0.253 e. The van der Waals surface area contributed by atoms with Crippen LogP contribution in [0.4, 0.5) is 5.69 Å². The Morgan fingerprint density at radius 1 is 1.00 bits per heavy atom. The Morgan fingerprint density at radius 3 is 2.23 bits per heavy atom. The van der Waals surface area contributed by atoms with Crippen LogP contribution in [0.2, 0.25) is 10.0 Å². The summed E-state index contributed by atoms with van der Waals surface area (Å²) >= 11 is 12.0. The number of rotatable bonds is 6. The summed E-state index contributed by atoms with van der Waals surface area (Å²) in [6.07, 6.45) is 0. The number of nitrogens with one attached hydrogen (secondary N) is 1. The molecule has 0 heterocycles. The highest BCUT2D eigenvalue weighted by Crippen LogP contribution is 2.22. The molecule has 0 atom stereocenters. The van der Waals surface area contributed by atoms with Crippen molar-refractivity contribution in [3.63, 3.8) is 0 Å². The van der Waals surface area contributed by atoms with Gasteiger partial charge in [-0.3, -0.25) is 14.5 Å². The Morgan fingerprint density at radius 2 is 1.65 bits per heavy atom. The van der Waals surface area contributed by atoms with Gasteiger partial charge in [0.05, 0.1) is 6.54 Å². The molecule has 2 amide bonds. The summed E-state index contributed by atoms with van der Waals surface area (Å²) in [5.74, 6) is -0.230. The number of nitrogens with zero attached hydrogens (tertiary/aromatic N) is 2. The zero-order valence-corrected chi connectivity index (χ0v) is 16.4. The molecule has 2 rings (SSSR count). The topological polar surface area (TPSA) is 52.7 Å². The number of hydrogen-bond donors (Lipinski definition) is 1. The number of benzene rings is 2. The van der Waals surface area contributed by atoms with Crippen molar-refractivity contribution in [1.29, 1.82) is 0 Å². The molecule has 0 fully saturated rings. The highest BCUT2D eigenvalue weighted by molar-refractivity contribution is 6.35. The Hall–Kier alpha value is -2.08. The summed E-state index contributed by atoms with van der Waals surface area (Å²) in [4.78, 5) is 27.4. The summed E-state index contributed by atoms with van der Waals surface area (Å²) < 4.78 is 0. The lowest BCUT2D eigenvalue weighted by molar-refractivity contribution is -0.117.